The Bertz CT molecular complexity index is 103. The first kappa shape index (κ1) is 8.02. The number of rotatable bonds is 1. The third-order valence-electron chi connectivity index (χ3n) is 1.95. The summed E-state index contributed by atoms with van der Waals surface area (Å²) in [5.41, 5.74) is 0. The third kappa shape index (κ3) is 1.70. The summed E-state index contributed by atoms with van der Waals surface area (Å²) in [6, 6.07) is 0. The lowest BCUT2D eigenvalue weighted by Crippen LogP contribution is -2.43. The highest BCUT2D eigenvalue weighted by atomic mass is 16.5. The van der Waals surface area contributed by atoms with E-state index in [9.17, 15) is 0 Å². The van der Waals surface area contributed by atoms with Crippen LogP contribution < -0.4 is 0 Å². The van der Waals surface area contributed by atoms with E-state index in [4.69, 9.17) is 4.74 Å². The van der Waals surface area contributed by atoms with E-state index in [0.717, 1.165) is 6.61 Å². The number of hydrogen-bond donors (Lipinski definition) is 0. The van der Waals surface area contributed by atoms with Crippen molar-refractivity contribution in [2.45, 2.75) is 26.5 Å². The molecule has 2 heteroatoms. The van der Waals surface area contributed by atoms with Crippen LogP contribution in [-0.2, 0) is 4.74 Å². The van der Waals surface area contributed by atoms with Gasteiger partial charge in [-0.2, -0.15) is 0 Å². The molecule has 0 bridgehead atoms. The van der Waals surface area contributed by atoms with E-state index < -0.39 is 0 Å². The van der Waals surface area contributed by atoms with Gasteiger partial charge in [0.2, 0.25) is 0 Å². The maximum Gasteiger partial charge on any atom is 0.112 e. The molecule has 0 aromatic heterocycles. The molecule has 0 N–H and O–H groups in total. The van der Waals surface area contributed by atoms with E-state index in [1.54, 1.807) is 0 Å². The number of nitrogens with zero attached hydrogens (tertiary/aromatic N) is 1. The Balaban J connectivity index is 2.40. The molecule has 0 radical (unpaired) electrons. The Morgan fingerprint density at radius 3 is 2.60 bits per heavy atom. The van der Waals surface area contributed by atoms with Crippen LogP contribution in [0, 0.1) is 5.92 Å². The number of hydrogen-bond acceptors (Lipinski definition) is 2. The lowest BCUT2D eigenvalue weighted by molar-refractivity contribution is -0.107. The molecule has 60 valence electrons. The fourth-order valence-corrected chi connectivity index (χ4v) is 1.47. The summed E-state index contributed by atoms with van der Waals surface area (Å²) in [5.74, 6) is 0.616. The van der Waals surface area contributed by atoms with Crippen molar-refractivity contribution in [1.82, 2.24) is 4.90 Å². The normalized spacial score (nSPS) is 29.4. The summed E-state index contributed by atoms with van der Waals surface area (Å²) >= 11 is 0. The largest absolute Gasteiger partial charge is 0.363 e. The van der Waals surface area contributed by atoms with Crippen molar-refractivity contribution >= 4 is 0 Å². The molecule has 1 aliphatic rings. The molecule has 0 aromatic carbocycles. The predicted octanol–water partition coefficient (Wildman–Crippen LogP) is 1.32. The maximum atomic E-state index is 5.58. The first-order chi connectivity index (χ1) is 4.72. The molecule has 1 fully saturated rings. The second-order valence-corrected chi connectivity index (χ2v) is 3.34. The second-order valence-electron chi connectivity index (χ2n) is 3.34. The quantitative estimate of drug-likeness (QED) is 0.549. The minimum absolute atomic E-state index is 0.355. The van der Waals surface area contributed by atoms with Gasteiger partial charge >= 0.3 is 0 Å². The fourth-order valence-electron chi connectivity index (χ4n) is 1.47. The standard InChI is InChI=1S/C8H17NO/c1-7(2)8-9(3)5-4-6-10-8/h7-8H,4-6H2,1-3H3. The highest BCUT2D eigenvalue weighted by molar-refractivity contribution is 4.66. The first-order valence-corrected chi connectivity index (χ1v) is 4.03. The maximum absolute atomic E-state index is 5.58. The highest BCUT2D eigenvalue weighted by Crippen LogP contribution is 2.14. The summed E-state index contributed by atoms with van der Waals surface area (Å²) < 4.78 is 5.58. The third-order valence-corrected chi connectivity index (χ3v) is 1.95. The van der Waals surface area contributed by atoms with Gasteiger partial charge in [0.25, 0.3) is 0 Å². The Kier molecular flexibility index (Phi) is 2.69. The van der Waals surface area contributed by atoms with Gasteiger partial charge in [-0.25, -0.2) is 0 Å². The van der Waals surface area contributed by atoms with Gasteiger partial charge in [-0.3, -0.25) is 4.90 Å². The summed E-state index contributed by atoms with van der Waals surface area (Å²) in [7, 11) is 2.13. The van der Waals surface area contributed by atoms with Gasteiger partial charge in [0, 0.05) is 13.2 Å². The molecule has 1 heterocycles. The number of ether oxygens (including phenoxy) is 1. The molecule has 1 aliphatic heterocycles. The van der Waals surface area contributed by atoms with Crippen molar-refractivity contribution in [3.63, 3.8) is 0 Å². The summed E-state index contributed by atoms with van der Waals surface area (Å²) in [6.07, 6.45) is 1.54. The van der Waals surface area contributed by atoms with E-state index in [1.807, 2.05) is 0 Å². The van der Waals surface area contributed by atoms with Crippen molar-refractivity contribution in [1.29, 1.82) is 0 Å². The lowest BCUT2D eigenvalue weighted by Gasteiger charge is -2.34. The minimum atomic E-state index is 0.355. The van der Waals surface area contributed by atoms with E-state index in [1.165, 1.54) is 13.0 Å². The van der Waals surface area contributed by atoms with Crippen LogP contribution in [0.4, 0.5) is 0 Å². The van der Waals surface area contributed by atoms with E-state index >= 15 is 0 Å². The van der Waals surface area contributed by atoms with Gasteiger partial charge in [0.1, 0.15) is 6.23 Å². The zero-order valence-electron chi connectivity index (χ0n) is 7.13. The summed E-state index contributed by atoms with van der Waals surface area (Å²) in [6.45, 7) is 6.52. The van der Waals surface area contributed by atoms with E-state index in [2.05, 4.69) is 25.8 Å². The van der Waals surface area contributed by atoms with E-state index in [-0.39, 0.29) is 0 Å². The van der Waals surface area contributed by atoms with Gasteiger partial charge in [-0.1, -0.05) is 13.8 Å². The first-order valence-electron chi connectivity index (χ1n) is 4.03. The summed E-state index contributed by atoms with van der Waals surface area (Å²) in [4.78, 5) is 2.29. The molecule has 0 saturated carbocycles. The molecule has 1 saturated heterocycles. The molecule has 0 aliphatic carbocycles. The zero-order chi connectivity index (χ0) is 7.56. The van der Waals surface area contributed by atoms with Crippen LogP contribution in [-0.4, -0.2) is 31.3 Å². The molecule has 1 rings (SSSR count). The molecule has 0 aromatic rings. The van der Waals surface area contributed by atoms with Crippen molar-refractivity contribution in [2.24, 2.45) is 5.92 Å². The van der Waals surface area contributed by atoms with Gasteiger partial charge in [0.05, 0.1) is 0 Å². The Morgan fingerprint density at radius 1 is 1.50 bits per heavy atom. The molecule has 0 spiro atoms. The van der Waals surface area contributed by atoms with Gasteiger partial charge in [-0.05, 0) is 19.4 Å². The van der Waals surface area contributed by atoms with Gasteiger partial charge < -0.3 is 4.74 Å². The van der Waals surface area contributed by atoms with Crippen molar-refractivity contribution in [3.8, 4) is 0 Å². The van der Waals surface area contributed by atoms with Crippen LogP contribution in [0.1, 0.15) is 20.3 Å². The molecule has 10 heavy (non-hydrogen) atoms. The highest BCUT2D eigenvalue weighted by Gasteiger charge is 2.21. The molecule has 2 nitrogen and oxygen atoms in total. The predicted molar refractivity (Wildman–Crippen MR) is 41.8 cm³/mol. The monoisotopic (exact) mass is 143 g/mol. The minimum Gasteiger partial charge on any atom is -0.363 e. The second kappa shape index (κ2) is 3.35. The zero-order valence-corrected chi connectivity index (χ0v) is 7.13. The van der Waals surface area contributed by atoms with Crippen molar-refractivity contribution in [2.75, 3.05) is 20.2 Å². The average molecular weight is 143 g/mol. The molecule has 0 amide bonds. The molecular weight excluding hydrogens is 126 g/mol. The lowest BCUT2D eigenvalue weighted by atomic mass is 10.1. The van der Waals surface area contributed by atoms with E-state index in [0.29, 0.717) is 12.1 Å². The summed E-state index contributed by atoms with van der Waals surface area (Å²) in [5, 5.41) is 0. The SMILES string of the molecule is CC(C)C1OCCCN1C. The molecule has 1 atom stereocenters. The average Bonchev–Trinajstić information content (AvgIpc) is 1.88. The Morgan fingerprint density at radius 2 is 2.20 bits per heavy atom. The van der Waals surface area contributed by atoms with Crippen LogP contribution in [0.3, 0.4) is 0 Å². The van der Waals surface area contributed by atoms with Gasteiger partial charge in [-0.15, -0.1) is 0 Å². The Labute approximate surface area is 63.2 Å². The van der Waals surface area contributed by atoms with Crippen LogP contribution >= 0.6 is 0 Å². The van der Waals surface area contributed by atoms with Crippen molar-refractivity contribution < 1.29 is 4.74 Å². The molecular formula is C8H17NO. The van der Waals surface area contributed by atoms with Crippen LogP contribution in [0.2, 0.25) is 0 Å². The smallest absolute Gasteiger partial charge is 0.112 e. The van der Waals surface area contributed by atoms with Gasteiger partial charge in [0.15, 0.2) is 0 Å². The van der Waals surface area contributed by atoms with Crippen LogP contribution in [0.25, 0.3) is 0 Å². The Hall–Kier alpha value is -0.0800. The fraction of sp³-hybridized carbons (Fsp3) is 1.00. The topological polar surface area (TPSA) is 12.5 Å². The van der Waals surface area contributed by atoms with Crippen molar-refractivity contribution in [3.05, 3.63) is 0 Å². The van der Waals surface area contributed by atoms with Crippen LogP contribution in [0.15, 0.2) is 0 Å². The molecule has 1 unspecified atom stereocenters. The van der Waals surface area contributed by atoms with Crippen LogP contribution in [0.5, 0.6) is 0 Å².